The maximum Gasteiger partial charge on any atom is 0.170 e. The summed E-state index contributed by atoms with van der Waals surface area (Å²) < 4.78 is 5.44. The zero-order valence-corrected chi connectivity index (χ0v) is 10.6. The lowest BCUT2D eigenvalue weighted by Crippen LogP contribution is -2.26. The quantitative estimate of drug-likeness (QED) is 0.359. The third-order valence-corrected chi connectivity index (χ3v) is 3.18. The van der Waals surface area contributed by atoms with Crippen molar-refractivity contribution in [3.63, 3.8) is 0 Å². The van der Waals surface area contributed by atoms with Crippen LogP contribution in [0.1, 0.15) is 17.5 Å². The molecule has 5 heteroatoms. The van der Waals surface area contributed by atoms with E-state index in [4.69, 9.17) is 15.7 Å². The molecule has 0 unspecified atom stereocenters. The van der Waals surface area contributed by atoms with E-state index in [1.54, 1.807) is 0 Å². The van der Waals surface area contributed by atoms with Crippen LogP contribution in [-0.4, -0.2) is 37.3 Å². The minimum absolute atomic E-state index is 0.151. The summed E-state index contributed by atoms with van der Waals surface area (Å²) >= 11 is 0. The number of aryl methyl sites for hydroxylation is 1. The molecule has 0 amide bonds. The fourth-order valence-corrected chi connectivity index (χ4v) is 2.19. The highest BCUT2D eigenvalue weighted by molar-refractivity contribution is 5.98. The molecule has 1 heterocycles. The average molecular weight is 249 g/mol. The molecule has 1 aromatic rings. The molecule has 1 aliphatic rings. The Balaban J connectivity index is 2.22. The van der Waals surface area contributed by atoms with E-state index in [1.807, 2.05) is 19.1 Å². The average Bonchev–Trinajstić information content (AvgIpc) is 2.66. The molecule has 1 fully saturated rings. The Bertz CT molecular complexity index is 438. The van der Waals surface area contributed by atoms with E-state index in [1.165, 1.54) is 0 Å². The number of ether oxygens (including phenoxy) is 1. The van der Waals surface area contributed by atoms with E-state index in [0.717, 1.165) is 49.5 Å². The Labute approximate surface area is 107 Å². The van der Waals surface area contributed by atoms with Crippen LogP contribution in [0.3, 0.4) is 0 Å². The summed E-state index contributed by atoms with van der Waals surface area (Å²) in [6.07, 6.45) is 1.04. The fraction of sp³-hybridized carbons (Fsp3) is 0.462. The maximum absolute atomic E-state index is 8.70. The van der Waals surface area contributed by atoms with Gasteiger partial charge in [-0.05, 0) is 37.1 Å². The highest BCUT2D eigenvalue weighted by Gasteiger charge is 2.12. The van der Waals surface area contributed by atoms with Crippen molar-refractivity contribution in [2.45, 2.75) is 13.3 Å². The second-order valence-electron chi connectivity index (χ2n) is 4.44. The van der Waals surface area contributed by atoms with Gasteiger partial charge in [-0.2, -0.15) is 0 Å². The lowest BCUT2D eigenvalue weighted by atomic mass is 10.1. The molecule has 1 aliphatic heterocycles. The summed E-state index contributed by atoms with van der Waals surface area (Å²) in [5.41, 5.74) is 8.55. The molecule has 0 saturated carbocycles. The van der Waals surface area contributed by atoms with E-state index in [0.29, 0.717) is 0 Å². The first-order valence-corrected chi connectivity index (χ1v) is 6.13. The molecule has 0 aromatic heterocycles. The standard InChI is InChI=1S/C13H19N3O2/c1-10-9-11(3-4-12(10)13(14)15-17)16-5-2-7-18-8-6-16/h3-4,9,17H,2,5-8H2,1H3,(H2,14,15). The van der Waals surface area contributed by atoms with Crippen LogP contribution in [0.4, 0.5) is 5.69 Å². The van der Waals surface area contributed by atoms with Crippen LogP contribution in [-0.2, 0) is 4.74 Å². The fourth-order valence-electron chi connectivity index (χ4n) is 2.19. The van der Waals surface area contributed by atoms with Crippen LogP contribution in [0.25, 0.3) is 0 Å². The highest BCUT2D eigenvalue weighted by atomic mass is 16.5. The Morgan fingerprint density at radius 3 is 2.94 bits per heavy atom. The Kier molecular flexibility index (Phi) is 4.04. The van der Waals surface area contributed by atoms with E-state index in [2.05, 4.69) is 16.1 Å². The normalized spacial score (nSPS) is 17.6. The van der Waals surface area contributed by atoms with E-state index in [9.17, 15) is 0 Å². The van der Waals surface area contributed by atoms with Gasteiger partial charge in [0.25, 0.3) is 0 Å². The van der Waals surface area contributed by atoms with Crippen LogP contribution in [0, 0.1) is 6.92 Å². The molecule has 1 aromatic carbocycles. The smallest absolute Gasteiger partial charge is 0.170 e. The Hall–Kier alpha value is -1.75. The van der Waals surface area contributed by atoms with Crippen molar-refractivity contribution in [1.82, 2.24) is 0 Å². The third kappa shape index (κ3) is 2.73. The van der Waals surface area contributed by atoms with Gasteiger partial charge in [0, 0.05) is 30.9 Å². The topological polar surface area (TPSA) is 71.1 Å². The molecule has 0 spiro atoms. The number of rotatable bonds is 2. The SMILES string of the molecule is Cc1cc(N2CCCOCC2)ccc1/C(N)=N/O. The summed E-state index contributed by atoms with van der Waals surface area (Å²) in [6, 6.07) is 5.97. The van der Waals surface area contributed by atoms with Gasteiger partial charge in [0.2, 0.25) is 0 Å². The van der Waals surface area contributed by atoms with Crippen molar-refractivity contribution in [2.24, 2.45) is 10.9 Å². The zero-order valence-electron chi connectivity index (χ0n) is 10.6. The molecular weight excluding hydrogens is 230 g/mol. The van der Waals surface area contributed by atoms with Crippen LogP contribution >= 0.6 is 0 Å². The van der Waals surface area contributed by atoms with Gasteiger partial charge in [0.1, 0.15) is 0 Å². The number of nitrogens with zero attached hydrogens (tertiary/aromatic N) is 2. The van der Waals surface area contributed by atoms with Gasteiger partial charge in [-0.3, -0.25) is 0 Å². The second-order valence-corrected chi connectivity index (χ2v) is 4.44. The number of anilines is 1. The number of benzene rings is 1. The summed E-state index contributed by atoms with van der Waals surface area (Å²) in [5, 5.41) is 11.7. The lowest BCUT2D eigenvalue weighted by molar-refractivity contribution is 0.152. The first kappa shape index (κ1) is 12.7. The van der Waals surface area contributed by atoms with Gasteiger partial charge in [-0.15, -0.1) is 0 Å². The predicted octanol–water partition coefficient (Wildman–Crippen LogP) is 1.32. The van der Waals surface area contributed by atoms with Crippen LogP contribution in [0.5, 0.6) is 0 Å². The number of oxime groups is 1. The number of amidine groups is 1. The lowest BCUT2D eigenvalue weighted by Gasteiger charge is -2.22. The molecule has 18 heavy (non-hydrogen) atoms. The van der Waals surface area contributed by atoms with Gasteiger partial charge < -0.3 is 20.6 Å². The number of hydrogen-bond acceptors (Lipinski definition) is 4. The second kappa shape index (κ2) is 5.73. The summed E-state index contributed by atoms with van der Waals surface area (Å²) in [7, 11) is 0. The van der Waals surface area contributed by atoms with Gasteiger partial charge in [-0.1, -0.05) is 5.16 Å². The molecule has 1 saturated heterocycles. The number of hydrogen-bond donors (Lipinski definition) is 2. The highest BCUT2D eigenvalue weighted by Crippen LogP contribution is 2.20. The zero-order chi connectivity index (χ0) is 13.0. The van der Waals surface area contributed by atoms with Gasteiger partial charge in [-0.25, -0.2) is 0 Å². The summed E-state index contributed by atoms with van der Waals surface area (Å²) in [4.78, 5) is 2.30. The van der Waals surface area contributed by atoms with Crippen LogP contribution < -0.4 is 10.6 Å². The van der Waals surface area contributed by atoms with E-state index < -0.39 is 0 Å². The molecule has 0 radical (unpaired) electrons. The Morgan fingerprint density at radius 1 is 1.39 bits per heavy atom. The molecule has 3 N–H and O–H groups in total. The minimum Gasteiger partial charge on any atom is -0.409 e. The molecule has 0 bridgehead atoms. The third-order valence-electron chi connectivity index (χ3n) is 3.18. The minimum atomic E-state index is 0.151. The predicted molar refractivity (Wildman–Crippen MR) is 71.3 cm³/mol. The van der Waals surface area contributed by atoms with E-state index >= 15 is 0 Å². The van der Waals surface area contributed by atoms with Gasteiger partial charge in [0.05, 0.1) is 6.61 Å². The van der Waals surface area contributed by atoms with Crippen molar-refractivity contribution in [2.75, 3.05) is 31.2 Å². The molecule has 0 atom stereocenters. The van der Waals surface area contributed by atoms with Crippen molar-refractivity contribution < 1.29 is 9.94 Å². The van der Waals surface area contributed by atoms with E-state index in [-0.39, 0.29) is 5.84 Å². The summed E-state index contributed by atoms with van der Waals surface area (Å²) in [5.74, 6) is 0.151. The van der Waals surface area contributed by atoms with Crippen LogP contribution in [0.2, 0.25) is 0 Å². The first-order valence-electron chi connectivity index (χ1n) is 6.13. The van der Waals surface area contributed by atoms with Gasteiger partial charge >= 0.3 is 0 Å². The maximum atomic E-state index is 8.70. The van der Waals surface area contributed by atoms with Crippen molar-refractivity contribution in [1.29, 1.82) is 0 Å². The Morgan fingerprint density at radius 2 is 2.22 bits per heavy atom. The first-order chi connectivity index (χ1) is 8.72. The molecule has 2 rings (SSSR count). The molecule has 5 nitrogen and oxygen atoms in total. The van der Waals surface area contributed by atoms with Gasteiger partial charge in [0.15, 0.2) is 5.84 Å². The van der Waals surface area contributed by atoms with Crippen molar-refractivity contribution >= 4 is 11.5 Å². The molecular formula is C13H19N3O2. The molecule has 0 aliphatic carbocycles. The molecule has 98 valence electrons. The van der Waals surface area contributed by atoms with Crippen molar-refractivity contribution in [3.8, 4) is 0 Å². The number of nitrogens with two attached hydrogens (primary N) is 1. The largest absolute Gasteiger partial charge is 0.409 e. The summed E-state index contributed by atoms with van der Waals surface area (Å²) in [6.45, 7) is 5.47. The monoisotopic (exact) mass is 249 g/mol. The van der Waals surface area contributed by atoms with Crippen molar-refractivity contribution in [3.05, 3.63) is 29.3 Å². The van der Waals surface area contributed by atoms with Crippen LogP contribution in [0.15, 0.2) is 23.4 Å².